The van der Waals surface area contributed by atoms with E-state index in [1.54, 1.807) is 12.4 Å². The van der Waals surface area contributed by atoms with Crippen LogP contribution in [-0.2, 0) is 7.05 Å². The minimum atomic E-state index is 0.712. The first kappa shape index (κ1) is 11.7. The van der Waals surface area contributed by atoms with Gasteiger partial charge in [-0.15, -0.1) is 0 Å². The lowest BCUT2D eigenvalue weighted by Gasteiger charge is -2.02. The lowest BCUT2D eigenvalue weighted by atomic mass is 10.3. The minimum absolute atomic E-state index is 0.712. The van der Waals surface area contributed by atoms with Gasteiger partial charge in [0.25, 0.3) is 0 Å². The van der Waals surface area contributed by atoms with Gasteiger partial charge in [-0.25, -0.2) is 4.98 Å². The predicted octanol–water partition coefficient (Wildman–Crippen LogP) is 4.05. The zero-order chi connectivity index (χ0) is 12.7. The Hall–Kier alpha value is -1.39. The highest BCUT2D eigenvalue weighted by Crippen LogP contribution is 2.26. The number of benzene rings is 1. The summed E-state index contributed by atoms with van der Waals surface area (Å²) in [5.74, 6) is 0.876. The van der Waals surface area contributed by atoms with Crippen molar-refractivity contribution < 1.29 is 0 Å². The fourth-order valence-corrected chi connectivity index (χ4v) is 2.49. The fraction of sp³-hybridized carbons (Fsp3) is 0.0769. The standard InChI is InChI=1S/C13H9BrClN3/c1-18-12-5-10(15)2-3-11(12)17-13(18)8-4-9(14)7-16-6-8/h2-7H,1H3. The van der Waals surface area contributed by atoms with Crippen LogP contribution >= 0.6 is 27.5 Å². The van der Waals surface area contributed by atoms with E-state index < -0.39 is 0 Å². The highest BCUT2D eigenvalue weighted by atomic mass is 79.9. The largest absolute Gasteiger partial charge is 0.327 e. The Kier molecular flexibility index (Phi) is 2.84. The number of imidazole rings is 1. The van der Waals surface area contributed by atoms with Crippen molar-refractivity contribution >= 4 is 38.6 Å². The molecule has 90 valence electrons. The summed E-state index contributed by atoms with van der Waals surface area (Å²) in [5.41, 5.74) is 2.91. The van der Waals surface area contributed by atoms with Crippen LogP contribution in [0.4, 0.5) is 0 Å². The van der Waals surface area contributed by atoms with Crippen molar-refractivity contribution in [2.24, 2.45) is 7.05 Å². The van der Waals surface area contributed by atoms with Crippen LogP contribution in [0.2, 0.25) is 5.02 Å². The molecule has 5 heteroatoms. The third-order valence-electron chi connectivity index (χ3n) is 2.81. The molecule has 0 atom stereocenters. The molecular weight excluding hydrogens is 314 g/mol. The third kappa shape index (κ3) is 1.91. The highest BCUT2D eigenvalue weighted by Gasteiger charge is 2.10. The maximum atomic E-state index is 6.01. The van der Waals surface area contributed by atoms with Crippen molar-refractivity contribution in [3.05, 3.63) is 46.2 Å². The van der Waals surface area contributed by atoms with Gasteiger partial charge in [-0.2, -0.15) is 0 Å². The van der Waals surface area contributed by atoms with Crippen LogP contribution < -0.4 is 0 Å². The van der Waals surface area contributed by atoms with Gasteiger partial charge in [0.2, 0.25) is 0 Å². The van der Waals surface area contributed by atoms with Crippen LogP contribution in [0, 0.1) is 0 Å². The normalized spacial score (nSPS) is 11.1. The first-order chi connectivity index (χ1) is 8.65. The number of hydrogen-bond acceptors (Lipinski definition) is 2. The molecule has 0 amide bonds. The summed E-state index contributed by atoms with van der Waals surface area (Å²) in [6.45, 7) is 0. The quantitative estimate of drug-likeness (QED) is 0.676. The zero-order valence-electron chi connectivity index (χ0n) is 9.56. The van der Waals surface area contributed by atoms with E-state index >= 15 is 0 Å². The molecule has 3 nitrogen and oxygen atoms in total. The molecule has 1 aromatic carbocycles. The zero-order valence-corrected chi connectivity index (χ0v) is 11.9. The summed E-state index contributed by atoms with van der Waals surface area (Å²) < 4.78 is 2.95. The van der Waals surface area contributed by atoms with Gasteiger partial charge in [-0.05, 0) is 40.2 Å². The Morgan fingerprint density at radius 2 is 2.06 bits per heavy atom. The molecule has 0 aliphatic carbocycles. The van der Waals surface area contributed by atoms with Gasteiger partial charge in [0.15, 0.2) is 0 Å². The van der Waals surface area contributed by atoms with E-state index in [2.05, 4.69) is 25.9 Å². The average molecular weight is 323 g/mol. The average Bonchev–Trinajstić information content (AvgIpc) is 2.67. The second-order valence-corrected chi connectivity index (χ2v) is 5.37. The van der Waals surface area contributed by atoms with Crippen molar-refractivity contribution in [2.45, 2.75) is 0 Å². The molecule has 2 heterocycles. The topological polar surface area (TPSA) is 30.7 Å². The second kappa shape index (κ2) is 4.37. The molecule has 0 aliphatic heterocycles. The van der Waals surface area contributed by atoms with Crippen LogP contribution in [-0.4, -0.2) is 14.5 Å². The number of aryl methyl sites for hydroxylation is 1. The molecule has 3 aromatic rings. The van der Waals surface area contributed by atoms with E-state index in [1.807, 2.05) is 35.9 Å². The molecule has 2 aromatic heterocycles. The Morgan fingerprint density at radius 1 is 1.22 bits per heavy atom. The van der Waals surface area contributed by atoms with Gasteiger partial charge in [0.1, 0.15) is 5.82 Å². The molecule has 0 fully saturated rings. The van der Waals surface area contributed by atoms with Crippen molar-refractivity contribution in [1.29, 1.82) is 0 Å². The Balaban J connectivity index is 2.27. The summed E-state index contributed by atoms with van der Waals surface area (Å²) in [5, 5.41) is 0.712. The molecule has 0 N–H and O–H groups in total. The molecule has 0 unspecified atom stereocenters. The summed E-state index contributed by atoms with van der Waals surface area (Å²) >= 11 is 9.43. The van der Waals surface area contributed by atoms with Crippen LogP contribution in [0.25, 0.3) is 22.4 Å². The van der Waals surface area contributed by atoms with Gasteiger partial charge < -0.3 is 4.57 Å². The van der Waals surface area contributed by atoms with Crippen molar-refractivity contribution in [3.8, 4) is 11.4 Å². The predicted molar refractivity (Wildman–Crippen MR) is 76.7 cm³/mol. The monoisotopic (exact) mass is 321 g/mol. The Morgan fingerprint density at radius 3 is 2.83 bits per heavy atom. The molecule has 0 saturated carbocycles. The molecule has 0 radical (unpaired) electrons. The number of halogens is 2. The molecule has 18 heavy (non-hydrogen) atoms. The summed E-state index contributed by atoms with van der Waals surface area (Å²) in [6.07, 6.45) is 3.55. The molecular formula is C13H9BrClN3. The van der Waals surface area contributed by atoms with E-state index in [0.717, 1.165) is 26.9 Å². The molecule has 0 bridgehead atoms. The molecule has 0 spiro atoms. The Labute approximate surface area is 118 Å². The van der Waals surface area contributed by atoms with Gasteiger partial charge >= 0.3 is 0 Å². The minimum Gasteiger partial charge on any atom is -0.327 e. The van der Waals surface area contributed by atoms with E-state index in [9.17, 15) is 0 Å². The van der Waals surface area contributed by atoms with Crippen LogP contribution in [0.1, 0.15) is 0 Å². The number of nitrogens with zero attached hydrogens (tertiary/aromatic N) is 3. The lowest BCUT2D eigenvalue weighted by Crippen LogP contribution is -1.92. The van der Waals surface area contributed by atoms with Crippen LogP contribution in [0.5, 0.6) is 0 Å². The van der Waals surface area contributed by atoms with Gasteiger partial charge in [0.05, 0.1) is 11.0 Å². The summed E-state index contributed by atoms with van der Waals surface area (Å²) in [4.78, 5) is 8.77. The van der Waals surface area contributed by atoms with E-state index in [1.165, 1.54) is 0 Å². The number of hydrogen-bond donors (Lipinski definition) is 0. The lowest BCUT2D eigenvalue weighted by molar-refractivity contribution is 0.957. The molecule has 0 aliphatic rings. The van der Waals surface area contributed by atoms with Crippen molar-refractivity contribution in [1.82, 2.24) is 14.5 Å². The van der Waals surface area contributed by atoms with Gasteiger partial charge in [-0.1, -0.05) is 11.6 Å². The smallest absolute Gasteiger partial charge is 0.142 e. The highest BCUT2D eigenvalue weighted by molar-refractivity contribution is 9.10. The second-order valence-electron chi connectivity index (χ2n) is 4.02. The van der Waals surface area contributed by atoms with E-state index in [-0.39, 0.29) is 0 Å². The number of rotatable bonds is 1. The maximum Gasteiger partial charge on any atom is 0.142 e. The third-order valence-corrected chi connectivity index (χ3v) is 3.47. The number of fused-ring (bicyclic) bond motifs is 1. The van der Waals surface area contributed by atoms with Crippen LogP contribution in [0.15, 0.2) is 41.1 Å². The summed E-state index contributed by atoms with van der Waals surface area (Å²) in [6, 6.07) is 7.68. The van der Waals surface area contributed by atoms with Crippen molar-refractivity contribution in [2.75, 3.05) is 0 Å². The number of aromatic nitrogens is 3. The van der Waals surface area contributed by atoms with E-state index in [4.69, 9.17) is 11.6 Å². The van der Waals surface area contributed by atoms with E-state index in [0.29, 0.717) is 5.02 Å². The van der Waals surface area contributed by atoms with Gasteiger partial charge in [0, 0.05) is 34.5 Å². The summed E-state index contributed by atoms with van der Waals surface area (Å²) in [7, 11) is 1.97. The van der Waals surface area contributed by atoms with Gasteiger partial charge in [-0.3, -0.25) is 4.98 Å². The van der Waals surface area contributed by atoms with Crippen LogP contribution in [0.3, 0.4) is 0 Å². The fourth-order valence-electron chi connectivity index (χ4n) is 1.96. The molecule has 0 saturated heterocycles. The first-order valence-corrected chi connectivity index (χ1v) is 6.55. The SMILES string of the molecule is Cn1c(-c2cncc(Br)c2)nc2ccc(Cl)cc21. The first-order valence-electron chi connectivity index (χ1n) is 5.38. The molecule has 3 rings (SSSR count). The Bertz CT molecular complexity index is 736. The maximum absolute atomic E-state index is 6.01. The number of pyridine rings is 1. The van der Waals surface area contributed by atoms with Crippen molar-refractivity contribution in [3.63, 3.8) is 0 Å².